The molecule has 8 heteroatoms. The number of anilines is 2. The molecular formula is C13H12IN3O3S. The molecule has 0 radical (unpaired) electrons. The number of nitrogens with two attached hydrogens (primary N) is 1. The van der Waals surface area contributed by atoms with Crippen LogP contribution in [0.3, 0.4) is 0 Å². The van der Waals surface area contributed by atoms with Gasteiger partial charge in [-0.15, -0.1) is 9.32 Å². The standard InChI is InChI=1S/C13H12IN3O3S/c14-9-1-3-10(4-2-9)16-13(18)17-11-5-7-12(8-6-11)21-20-19-15/h1-8H,15H2,(H2,16,17,18). The third kappa shape index (κ3) is 5.52. The lowest BCUT2D eigenvalue weighted by Gasteiger charge is -2.08. The van der Waals surface area contributed by atoms with Gasteiger partial charge in [-0.1, -0.05) is 0 Å². The molecule has 0 atom stereocenters. The van der Waals surface area contributed by atoms with Gasteiger partial charge in [-0.05, 0) is 71.1 Å². The van der Waals surface area contributed by atoms with Gasteiger partial charge in [0, 0.05) is 19.8 Å². The van der Waals surface area contributed by atoms with Crippen molar-refractivity contribution in [3.63, 3.8) is 0 Å². The summed E-state index contributed by atoms with van der Waals surface area (Å²) in [5.74, 6) is 4.75. The molecule has 0 bridgehead atoms. The minimum Gasteiger partial charge on any atom is -0.308 e. The molecule has 0 unspecified atom stereocenters. The second-order valence-corrected chi connectivity index (χ2v) is 5.88. The van der Waals surface area contributed by atoms with Gasteiger partial charge in [-0.25, -0.2) is 4.79 Å². The van der Waals surface area contributed by atoms with Crippen LogP contribution in [0.5, 0.6) is 0 Å². The SMILES string of the molecule is NOOSc1ccc(NC(=O)Nc2ccc(I)cc2)cc1. The zero-order valence-electron chi connectivity index (χ0n) is 10.7. The van der Waals surface area contributed by atoms with Crippen molar-refractivity contribution in [2.45, 2.75) is 4.90 Å². The second kappa shape index (κ2) is 8.20. The Labute approximate surface area is 139 Å². The summed E-state index contributed by atoms with van der Waals surface area (Å²) < 4.78 is 5.63. The van der Waals surface area contributed by atoms with E-state index in [1.165, 1.54) is 0 Å². The van der Waals surface area contributed by atoms with E-state index in [-0.39, 0.29) is 6.03 Å². The molecule has 0 saturated carbocycles. The maximum atomic E-state index is 11.8. The van der Waals surface area contributed by atoms with Crippen molar-refractivity contribution in [2.24, 2.45) is 5.90 Å². The molecule has 0 fully saturated rings. The Balaban J connectivity index is 1.88. The molecule has 6 nitrogen and oxygen atoms in total. The van der Waals surface area contributed by atoms with Gasteiger partial charge in [0.2, 0.25) is 0 Å². The summed E-state index contributed by atoms with van der Waals surface area (Å²) in [5, 5.41) is 5.48. The fraction of sp³-hybridized carbons (Fsp3) is 0. The topological polar surface area (TPSA) is 85.6 Å². The highest BCUT2D eigenvalue weighted by Gasteiger charge is 2.03. The van der Waals surface area contributed by atoms with Gasteiger partial charge in [0.1, 0.15) is 0 Å². The number of nitrogens with one attached hydrogen (secondary N) is 2. The Bertz CT molecular complexity index is 593. The molecule has 2 rings (SSSR count). The van der Waals surface area contributed by atoms with Gasteiger partial charge >= 0.3 is 6.03 Å². The van der Waals surface area contributed by atoms with Crippen molar-refractivity contribution in [3.8, 4) is 0 Å². The highest BCUT2D eigenvalue weighted by molar-refractivity contribution is 14.1. The van der Waals surface area contributed by atoms with Crippen molar-refractivity contribution in [1.29, 1.82) is 0 Å². The summed E-state index contributed by atoms with van der Waals surface area (Å²) in [7, 11) is 0. The largest absolute Gasteiger partial charge is 0.323 e. The first-order chi connectivity index (χ1) is 10.2. The second-order valence-electron chi connectivity index (χ2n) is 3.86. The number of hydrogen-bond donors (Lipinski definition) is 3. The first kappa shape index (κ1) is 16.0. The van der Waals surface area contributed by atoms with Crippen LogP contribution in [0.4, 0.5) is 16.2 Å². The van der Waals surface area contributed by atoms with E-state index in [2.05, 4.69) is 42.5 Å². The Morgan fingerprint density at radius 2 is 1.52 bits per heavy atom. The third-order valence-corrected chi connectivity index (χ3v) is 3.71. The molecule has 2 amide bonds. The van der Waals surface area contributed by atoms with E-state index >= 15 is 0 Å². The first-order valence-corrected chi connectivity index (χ1v) is 7.63. The smallest absolute Gasteiger partial charge is 0.308 e. The summed E-state index contributed by atoms with van der Waals surface area (Å²) in [5.41, 5.74) is 1.39. The van der Waals surface area contributed by atoms with Crippen molar-refractivity contribution in [2.75, 3.05) is 10.6 Å². The number of carbonyl (C=O) groups is 1. The van der Waals surface area contributed by atoms with E-state index in [1.54, 1.807) is 24.3 Å². The van der Waals surface area contributed by atoms with Gasteiger partial charge in [-0.3, -0.25) is 0 Å². The lowest BCUT2D eigenvalue weighted by molar-refractivity contribution is -0.195. The molecule has 0 aliphatic heterocycles. The summed E-state index contributed by atoms with van der Waals surface area (Å²) in [6, 6.07) is 14.2. The van der Waals surface area contributed by atoms with E-state index in [4.69, 9.17) is 5.90 Å². The summed E-state index contributed by atoms with van der Waals surface area (Å²) in [4.78, 5) is 16.6. The molecule has 110 valence electrons. The van der Waals surface area contributed by atoms with Crippen molar-refractivity contribution >= 4 is 52.0 Å². The molecule has 4 N–H and O–H groups in total. The normalized spacial score (nSPS) is 10.2. The number of carbonyl (C=O) groups excluding carboxylic acids is 1. The minimum absolute atomic E-state index is 0.307. The molecular weight excluding hydrogens is 405 g/mol. The van der Waals surface area contributed by atoms with Gasteiger partial charge in [0.15, 0.2) is 0 Å². The zero-order valence-corrected chi connectivity index (χ0v) is 13.7. The van der Waals surface area contributed by atoms with E-state index in [9.17, 15) is 4.79 Å². The number of amides is 2. The number of halogens is 1. The molecule has 2 aromatic rings. The van der Waals surface area contributed by atoms with Gasteiger partial charge in [0.05, 0.1) is 12.0 Å². The molecule has 2 aromatic carbocycles. The highest BCUT2D eigenvalue weighted by Crippen LogP contribution is 2.21. The van der Waals surface area contributed by atoms with Crippen LogP contribution in [0.2, 0.25) is 0 Å². The van der Waals surface area contributed by atoms with Crippen molar-refractivity contribution in [3.05, 3.63) is 52.1 Å². The van der Waals surface area contributed by atoms with Crippen molar-refractivity contribution in [1.82, 2.24) is 0 Å². The van der Waals surface area contributed by atoms with E-state index < -0.39 is 0 Å². The van der Waals surface area contributed by atoms with Gasteiger partial charge < -0.3 is 10.6 Å². The summed E-state index contributed by atoms with van der Waals surface area (Å²) in [6.07, 6.45) is 0. The van der Waals surface area contributed by atoms with Crippen LogP contribution in [0, 0.1) is 3.57 Å². The van der Waals surface area contributed by atoms with E-state index in [1.807, 2.05) is 24.3 Å². The molecule has 0 heterocycles. The number of urea groups is 1. The third-order valence-electron chi connectivity index (χ3n) is 2.38. The van der Waals surface area contributed by atoms with Crippen LogP contribution >= 0.6 is 34.6 Å². The molecule has 0 aromatic heterocycles. The molecule has 0 aliphatic rings. The van der Waals surface area contributed by atoms with E-state index in [0.717, 1.165) is 26.2 Å². The maximum Gasteiger partial charge on any atom is 0.323 e. The predicted octanol–water partition coefficient (Wildman–Crippen LogP) is 3.76. The number of benzene rings is 2. The summed E-state index contributed by atoms with van der Waals surface area (Å²) >= 11 is 3.18. The van der Waals surface area contributed by atoms with Crippen LogP contribution in [0.25, 0.3) is 0 Å². The maximum absolute atomic E-state index is 11.8. The predicted molar refractivity (Wildman–Crippen MR) is 90.5 cm³/mol. The van der Waals surface area contributed by atoms with E-state index in [0.29, 0.717) is 5.69 Å². The fourth-order valence-electron chi connectivity index (χ4n) is 1.48. The molecule has 0 saturated heterocycles. The van der Waals surface area contributed by atoms with Crippen LogP contribution < -0.4 is 16.5 Å². The Morgan fingerprint density at radius 1 is 1.00 bits per heavy atom. The lowest BCUT2D eigenvalue weighted by atomic mass is 10.3. The average Bonchev–Trinajstić information content (AvgIpc) is 2.49. The Kier molecular flexibility index (Phi) is 6.26. The quantitative estimate of drug-likeness (QED) is 0.299. The molecule has 21 heavy (non-hydrogen) atoms. The Hall–Kier alpha value is -1.33. The van der Waals surface area contributed by atoms with Crippen LogP contribution in [-0.2, 0) is 9.32 Å². The minimum atomic E-state index is -0.307. The fourth-order valence-corrected chi connectivity index (χ4v) is 2.20. The number of hydrogen-bond acceptors (Lipinski definition) is 5. The van der Waals surface area contributed by atoms with Crippen LogP contribution in [0.1, 0.15) is 0 Å². The zero-order chi connectivity index (χ0) is 15.1. The average molecular weight is 417 g/mol. The molecule has 0 spiro atoms. The van der Waals surface area contributed by atoms with Crippen molar-refractivity contribution < 1.29 is 14.1 Å². The first-order valence-electron chi connectivity index (χ1n) is 5.81. The van der Waals surface area contributed by atoms with Crippen LogP contribution in [0.15, 0.2) is 53.4 Å². The number of rotatable bonds is 5. The molecule has 0 aliphatic carbocycles. The lowest BCUT2D eigenvalue weighted by Crippen LogP contribution is -2.19. The highest BCUT2D eigenvalue weighted by atomic mass is 127. The monoisotopic (exact) mass is 417 g/mol. The summed E-state index contributed by atoms with van der Waals surface area (Å²) in [6.45, 7) is 0. The Morgan fingerprint density at radius 3 is 2.05 bits per heavy atom. The van der Waals surface area contributed by atoms with Crippen LogP contribution in [-0.4, -0.2) is 6.03 Å². The van der Waals surface area contributed by atoms with Gasteiger partial charge in [-0.2, -0.15) is 5.90 Å². The van der Waals surface area contributed by atoms with Gasteiger partial charge in [0.25, 0.3) is 0 Å².